The lowest BCUT2D eigenvalue weighted by molar-refractivity contribution is 0.346. The highest BCUT2D eigenvalue weighted by molar-refractivity contribution is 5.30. The molecule has 0 aromatic heterocycles. The first-order chi connectivity index (χ1) is 7.63. The van der Waals surface area contributed by atoms with E-state index in [1.54, 1.807) is 0 Å². The van der Waals surface area contributed by atoms with Gasteiger partial charge in [-0.05, 0) is 38.4 Å². The molecule has 0 N–H and O–H groups in total. The molecule has 1 aromatic rings. The number of nitrogens with zero attached hydrogens (tertiary/aromatic N) is 2. The van der Waals surface area contributed by atoms with Crippen LogP contribution in [0.1, 0.15) is 23.1 Å². The van der Waals surface area contributed by atoms with E-state index in [4.69, 9.17) is 5.26 Å². The third kappa shape index (κ3) is 4.04. The highest BCUT2D eigenvalue weighted by Crippen LogP contribution is 2.11. The predicted octanol–water partition coefficient (Wildman–Crippen LogP) is 2.69. The van der Waals surface area contributed by atoms with Crippen LogP contribution >= 0.6 is 0 Å². The van der Waals surface area contributed by atoms with Crippen LogP contribution in [0.2, 0.25) is 0 Å². The third-order valence-electron chi connectivity index (χ3n) is 2.87. The van der Waals surface area contributed by atoms with Gasteiger partial charge in [-0.25, -0.2) is 0 Å². The van der Waals surface area contributed by atoms with Crippen LogP contribution in [-0.4, -0.2) is 25.0 Å². The summed E-state index contributed by atoms with van der Waals surface area (Å²) in [5, 5.41) is 8.50. The van der Waals surface area contributed by atoms with Gasteiger partial charge in [-0.2, -0.15) is 5.26 Å². The van der Waals surface area contributed by atoms with E-state index in [1.807, 2.05) is 0 Å². The van der Waals surface area contributed by atoms with Crippen molar-refractivity contribution in [3.63, 3.8) is 0 Å². The van der Waals surface area contributed by atoms with Gasteiger partial charge in [0.25, 0.3) is 0 Å². The summed E-state index contributed by atoms with van der Waals surface area (Å²) in [5.74, 6) is 0. The lowest BCUT2D eigenvalue weighted by atomic mass is 10.0. The Balaban J connectivity index is 2.45. The van der Waals surface area contributed by atoms with Crippen LogP contribution in [0.3, 0.4) is 0 Å². The molecule has 0 saturated heterocycles. The van der Waals surface area contributed by atoms with Gasteiger partial charge in [0.2, 0.25) is 0 Å². The van der Waals surface area contributed by atoms with Crippen LogP contribution in [0.4, 0.5) is 0 Å². The van der Waals surface area contributed by atoms with Crippen molar-refractivity contribution in [1.29, 1.82) is 5.26 Å². The molecular weight excluding hydrogens is 196 g/mol. The summed E-state index contributed by atoms with van der Waals surface area (Å²) in [5.41, 5.74) is 4.10. The number of hydrogen-bond donors (Lipinski definition) is 0. The van der Waals surface area contributed by atoms with E-state index in [0.29, 0.717) is 6.42 Å². The fraction of sp³-hybridized carbons (Fsp3) is 0.500. The van der Waals surface area contributed by atoms with Crippen molar-refractivity contribution < 1.29 is 0 Å². The maximum Gasteiger partial charge on any atom is 0.0635 e. The maximum absolute atomic E-state index is 8.50. The van der Waals surface area contributed by atoms with Crippen LogP contribution in [0.25, 0.3) is 0 Å². The van der Waals surface area contributed by atoms with Crippen LogP contribution < -0.4 is 0 Å². The zero-order chi connectivity index (χ0) is 12.0. The summed E-state index contributed by atoms with van der Waals surface area (Å²) in [6, 6.07) is 8.78. The topological polar surface area (TPSA) is 27.0 Å². The Morgan fingerprint density at radius 2 is 2.00 bits per heavy atom. The molecule has 0 saturated carbocycles. The van der Waals surface area contributed by atoms with Crippen molar-refractivity contribution in [1.82, 2.24) is 4.90 Å². The fourth-order valence-corrected chi connectivity index (χ4v) is 1.79. The van der Waals surface area contributed by atoms with Crippen LogP contribution in [0, 0.1) is 25.2 Å². The van der Waals surface area contributed by atoms with Crippen molar-refractivity contribution in [2.75, 3.05) is 20.1 Å². The molecule has 0 fully saturated rings. The van der Waals surface area contributed by atoms with Gasteiger partial charge in [-0.1, -0.05) is 23.8 Å². The Bertz CT molecular complexity index is 377. The van der Waals surface area contributed by atoms with Gasteiger partial charge in [0, 0.05) is 19.5 Å². The Morgan fingerprint density at radius 1 is 1.25 bits per heavy atom. The molecule has 0 amide bonds. The molecule has 2 heteroatoms. The molecule has 0 atom stereocenters. The van der Waals surface area contributed by atoms with Gasteiger partial charge >= 0.3 is 0 Å². The molecule has 86 valence electrons. The average molecular weight is 216 g/mol. The lowest BCUT2D eigenvalue weighted by Gasteiger charge is -2.15. The molecule has 2 nitrogen and oxygen atoms in total. The molecule has 1 rings (SSSR count). The van der Waals surface area contributed by atoms with Gasteiger partial charge < -0.3 is 4.90 Å². The van der Waals surface area contributed by atoms with Crippen molar-refractivity contribution in [3.8, 4) is 6.07 Å². The van der Waals surface area contributed by atoms with Gasteiger partial charge in [-0.3, -0.25) is 0 Å². The maximum atomic E-state index is 8.50. The highest BCUT2D eigenvalue weighted by Gasteiger charge is 2.01. The average Bonchev–Trinajstić information content (AvgIpc) is 2.25. The smallest absolute Gasteiger partial charge is 0.0635 e. The van der Waals surface area contributed by atoms with Crippen LogP contribution in [-0.2, 0) is 6.42 Å². The van der Waals surface area contributed by atoms with E-state index in [2.05, 4.69) is 50.1 Å². The first-order valence-corrected chi connectivity index (χ1v) is 5.75. The number of hydrogen-bond acceptors (Lipinski definition) is 2. The molecule has 0 spiro atoms. The second kappa shape index (κ2) is 6.30. The van der Waals surface area contributed by atoms with Gasteiger partial charge in [0.15, 0.2) is 0 Å². The van der Waals surface area contributed by atoms with E-state index in [-0.39, 0.29) is 0 Å². The first-order valence-electron chi connectivity index (χ1n) is 5.75. The number of rotatable bonds is 5. The molecule has 16 heavy (non-hydrogen) atoms. The summed E-state index contributed by atoms with van der Waals surface area (Å²) in [6.45, 7) is 6.17. The van der Waals surface area contributed by atoms with E-state index >= 15 is 0 Å². The molecule has 0 aliphatic heterocycles. The summed E-state index contributed by atoms with van der Waals surface area (Å²) in [4.78, 5) is 2.21. The normalized spacial score (nSPS) is 10.4. The molecule has 0 radical (unpaired) electrons. The Hall–Kier alpha value is -1.33. The summed E-state index contributed by atoms with van der Waals surface area (Å²) in [6.07, 6.45) is 1.68. The monoisotopic (exact) mass is 216 g/mol. The standard InChI is InChI=1S/C14H20N2/c1-12-5-6-14(13(2)11-12)7-10-16(3)9-4-8-15/h5-6,11H,4,7,9-10H2,1-3H3. The van der Waals surface area contributed by atoms with Crippen LogP contribution in [0.15, 0.2) is 18.2 Å². The molecule has 0 aliphatic rings. The Morgan fingerprint density at radius 3 is 2.62 bits per heavy atom. The number of benzene rings is 1. The second-order valence-electron chi connectivity index (χ2n) is 4.39. The molecule has 1 aromatic carbocycles. The van der Waals surface area contributed by atoms with Gasteiger partial charge in [0.05, 0.1) is 6.07 Å². The van der Waals surface area contributed by atoms with Crippen LogP contribution in [0.5, 0.6) is 0 Å². The molecule has 0 unspecified atom stereocenters. The first kappa shape index (κ1) is 12.7. The van der Waals surface area contributed by atoms with E-state index in [1.165, 1.54) is 16.7 Å². The van der Waals surface area contributed by atoms with E-state index in [0.717, 1.165) is 19.5 Å². The number of nitriles is 1. The summed E-state index contributed by atoms with van der Waals surface area (Å²) < 4.78 is 0. The number of likely N-dealkylation sites (N-methyl/N-ethyl adjacent to an activating group) is 1. The predicted molar refractivity (Wildman–Crippen MR) is 67.3 cm³/mol. The zero-order valence-corrected chi connectivity index (χ0v) is 10.5. The van der Waals surface area contributed by atoms with E-state index < -0.39 is 0 Å². The van der Waals surface area contributed by atoms with Gasteiger partial charge in [0.1, 0.15) is 0 Å². The highest BCUT2D eigenvalue weighted by atomic mass is 15.1. The SMILES string of the molecule is Cc1ccc(CCN(C)CCC#N)c(C)c1. The van der Waals surface area contributed by atoms with Crippen molar-refractivity contribution >= 4 is 0 Å². The second-order valence-corrected chi connectivity index (χ2v) is 4.39. The Labute approximate surface area is 98.5 Å². The molecular formula is C14H20N2. The van der Waals surface area contributed by atoms with Crippen molar-refractivity contribution in [2.45, 2.75) is 26.7 Å². The molecule has 0 aliphatic carbocycles. The summed E-state index contributed by atoms with van der Waals surface area (Å²) >= 11 is 0. The Kier molecular flexibility index (Phi) is 5.01. The third-order valence-corrected chi connectivity index (χ3v) is 2.87. The largest absolute Gasteiger partial charge is 0.305 e. The quantitative estimate of drug-likeness (QED) is 0.756. The zero-order valence-electron chi connectivity index (χ0n) is 10.5. The molecule has 0 heterocycles. The molecule has 0 bridgehead atoms. The van der Waals surface area contributed by atoms with Crippen molar-refractivity contribution in [2.24, 2.45) is 0 Å². The minimum absolute atomic E-state index is 0.614. The van der Waals surface area contributed by atoms with Crippen molar-refractivity contribution in [3.05, 3.63) is 34.9 Å². The lowest BCUT2D eigenvalue weighted by Crippen LogP contribution is -2.22. The van der Waals surface area contributed by atoms with Gasteiger partial charge in [-0.15, -0.1) is 0 Å². The number of aryl methyl sites for hydroxylation is 2. The minimum atomic E-state index is 0.614. The fourth-order valence-electron chi connectivity index (χ4n) is 1.79. The minimum Gasteiger partial charge on any atom is -0.305 e. The summed E-state index contributed by atoms with van der Waals surface area (Å²) in [7, 11) is 2.07. The van der Waals surface area contributed by atoms with E-state index in [9.17, 15) is 0 Å².